The molecule has 0 unspecified atom stereocenters. The zero-order valence-corrected chi connectivity index (χ0v) is 8.00. The number of aromatic nitrogens is 2. The van der Waals surface area contributed by atoms with E-state index in [4.69, 9.17) is 4.42 Å². The van der Waals surface area contributed by atoms with E-state index < -0.39 is 13.0 Å². The summed E-state index contributed by atoms with van der Waals surface area (Å²) in [5.74, 6) is 0.378. The van der Waals surface area contributed by atoms with Crippen molar-refractivity contribution in [2.75, 3.05) is 25.5 Å². The van der Waals surface area contributed by atoms with Crippen LogP contribution in [-0.4, -0.2) is 37.3 Å². The maximum atomic E-state index is 12.0. The molecule has 1 heterocycles. The Bertz CT molecular complexity index is 278. The van der Waals surface area contributed by atoms with Gasteiger partial charge in [0.2, 0.25) is 5.89 Å². The van der Waals surface area contributed by atoms with Crippen molar-refractivity contribution in [1.29, 1.82) is 0 Å². The van der Waals surface area contributed by atoms with Crippen LogP contribution in [-0.2, 0) is 6.54 Å². The first-order valence-corrected chi connectivity index (χ1v) is 4.09. The van der Waals surface area contributed by atoms with E-state index in [9.17, 15) is 8.78 Å². The summed E-state index contributed by atoms with van der Waals surface area (Å²) in [6.45, 7) is 0.0106. The molecule has 0 saturated heterocycles. The number of hydrogen-bond acceptors (Lipinski definition) is 5. The Labute approximate surface area is 80.1 Å². The molecule has 7 heteroatoms. The van der Waals surface area contributed by atoms with Crippen molar-refractivity contribution in [2.45, 2.75) is 13.0 Å². The Kier molecular flexibility index (Phi) is 3.75. The molecule has 14 heavy (non-hydrogen) atoms. The lowest BCUT2D eigenvalue weighted by Gasteiger charge is -2.11. The van der Waals surface area contributed by atoms with Crippen LogP contribution in [0.5, 0.6) is 0 Å². The van der Waals surface area contributed by atoms with Gasteiger partial charge < -0.3 is 14.6 Å². The summed E-state index contributed by atoms with van der Waals surface area (Å²) in [7, 11) is 3.20. The lowest BCUT2D eigenvalue weighted by Crippen LogP contribution is -2.24. The van der Waals surface area contributed by atoms with Gasteiger partial charge in [-0.1, -0.05) is 5.10 Å². The van der Waals surface area contributed by atoms with E-state index in [0.29, 0.717) is 12.4 Å². The van der Waals surface area contributed by atoms with E-state index in [1.807, 2.05) is 0 Å². The van der Waals surface area contributed by atoms with E-state index in [-0.39, 0.29) is 6.01 Å². The number of nitrogens with one attached hydrogen (secondary N) is 1. The van der Waals surface area contributed by atoms with Gasteiger partial charge in [0, 0.05) is 7.05 Å². The Morgan fingerprint density at radius 3 is 2.79 bits per heavy atom. The maximum absolute atomic E-state index is 12.0. The van der Waals surface area contributed by atoms with Gasteiger partial charge in [0.1, 0.15) is 0 Å². The topological polar surface area (TPSA) is 54.2 Å². The number of halogens is 2. The Morgan fingerprint density at radius 2 is 2.21 bits per heavy atom. The van der Waals surface area contributed by atoms with Crippen LogP contribution in [0.2, 0.25) is 0 Å². The van der Waals surface area contributed by atoms with Crippen molar-refractivity contribution >= 4 is 6.01 Å². The van der Waals surface area contributed by atoms with Crippen molar-refractivity contribution in [1.82, 2.24) is 15.5 Å². The molecule has 1 N–H and O–H groups in total. The van der Waals surface area contributed by atoms with E-state index >= 15 is 0 Å². The lowest BCUT2D eigenvalue weighted by atomic mass is 10.6. The van der Waals surface area contributed by atoms with Crippen LogP contribution in [0.4, 0.5) is 14.8 Å². The normalized spacial score (nSPS) is 10.9. The van der Waals surface area contributed by atoms with Crippen LogP contribution in [0.25, 0.3) is 0 Å². The molecule has 0 bridgehead atoms. The molecule has 0 saturated carbocycles. The monoisotopic (exact) mass is 206 g/mol. The molecule has 0 aromatic carbocycles. The van der Waals surface area contributed by atoms with Gasteiger partial charge in [0.25, 0.3) is 6.43 Å². The first kappa shape index (κ1) is 10.8. The summed E-state index contributed by atoms with van der Waals surface area (Å²) in [4.78, 5) is 1.22. The number of hydrogen-bond donors (Lipinski definition) is 1. The fraction of sp³-hybridized carbons (Fsp3) is 0.714. The Balaban J connectivity index is 2.57. The Morgan fingerprint density at radius 1 is 1.50 bits per heavy atom. The summed E-state index contributed by atoms with van der Waals surface area (Å²) in [5.41, 5.74) is 0. The molecule has 5 nitrogen and oxygen atoms in total. The predicted molar refractivity (Wildman–Crippen MR) is 46.3 cm³/mol. The van der Waals surface area contributed by atoms with Crippen LogP contribution in [0.15, 0.2) is 4.42 Å². The number of rotatable bonds is 5. The van der Waals surface area contributed by atoms with Gasteiger partial charge in [-0.05, 0) is 7.05 Å². The van der Waals surface area contributed by atoms with Crippen LogP contribution in [0.3, 0.4) is 0 Å². The molecule has 0 atom stereocenters. The average Bonchev–Trinajstić information content (AvgIpc) is 2.52. The first-order valence-electron chi connectivity index (χ1n) is 4.09. The second kappa shape index (κ2) is 4.85. The van der Waals surface area contributed by atoms with Crippen molar-refractivity contribution in [3.8, 4) is 0 Å². The lowest BCUT2D eigenvalue weighted by molar-refractivity contribution is 0.155. The minimum Gasteiger partial charge on any atom is -0.407 e. The molecule has 0 aliphatic heterocycles. The fourth-order valence-electron chi connectivity index (χ4n) is 0.907. The third-order valence-corrected chi connectivity index (χ3v) is 1.52. The van der Waals surface area contributed by atoms with E-state index in [1.54, 1.807) is 7.05 Å². The highest BCUT2D eigenvalue weighted by molar-refractivity contribution is 5.21. The number of anilines is 1. The molecule has 80 valence electrons. The second-order valence-corrected chi connectivity index (χ2v) is 2.78. The minimum absolute atomic E-state index is 0.107. The fourth-order valence-corrected chi connectivity index (χ4v) is 0.907. The predicted octanol–water partition coefficient (Wildman–Crippen LogP) is 0.490. The van der Waals surface area contributed by atoms with Gasteiger partial charge in [-0.3, -0.25) is 0 Å². The third kappa shape index (κ3) is 2.91. The van der Waals surface area contributed by atoms with E-state index in [1.165, 1.54) is 11.9 Å². The average molecular weight is 206 g/mol. The number of alkyl halides is 2. The first-order chi connectivity index (χ1) is 6.63. The molecule has 0 fully saturated rings. The van der Waals surface area contributed by atoms with Crippen LogP contribution >= 0.6 is 0 Å². The van der Waals surface area contributed by atoms with Crippen molar-refractivity contribution in [3.63, 3.8) is 0 Å². The molecule has 0 aliphatic rings. The molecule has 0 radical (unpaired) electrons. The smallest absolute Gasteiger partial charge is 0.318 e. The van der Waals surface area contributed by atoms with Gasteiger partial charge >= 0.3 is 6.01 Å². The quantitative estimate of drug-likeness (QED) is 0.759. The SMILES string of the molecule is CNCc1nnc(N(C)CC(F)F)o1. The molecule has 1 aromatic rings. The summed E-state index contributed by atoms with van der Waals surface area (Å²) in [6, 6.07) is 0.107. The van der Waals surface area contributed by atoms with Crippen LogP contribution in [0.1, 0.15) is 5.89 Å². The van der Waals surface area contributed by atoms with Crippen LogP contribution in [0, 0.1) is 0 Å². The number of nitrogens with zero attached hydrogens (tertiary/aromatic N) is 3. The van der Waals surface area contributed by atoms with Gasteiger partial charge in [-0.15, -0.1) is 5.10 Å². The summed E-state index contributed by atoms with van der Waals surface area (Å²) in [6.07, 6.45) is -2.42. The zero-order valence-electron chi connectivity index (χ0n) is 8.00. The van der Waals surface area contributed by atoms with Gasteiger partial charge in [0.15, 0.2) is 0 Å². The minimum atomic E-state index is -2.42. The maximum Gasteiger partial charge on any atom is 0.318 e. The van der Waals surface area contributed by atoms with E-state index in [0.717, 1.165) is 0 Å². The van der Waals surface area contributed by atoms with Gasteiger partial charge in [0.05, 0.1) is 13.1 Å². The summed E-state index contributed by atoms with van der Waals surface area (Å²) < 4.78 is 29.1. The third-order valence-electron chi connectivity index (χ3n) is 1.52. The highest BCUT2D eigenvalue weighted by Gasteiger charge is 2.14. The van der Waals surface area contributed by atoms with Crippen molar-refractivity contribution < 1.29 is 13.2 Å². The van der Waals surface area contributed by atoms with E-state index in [2.05, 4.69) is 15.5 Å². The highest BCUT2D eigenvalue weighted by atomic mass is 19.3. The van der Waals surface area contributed by atoms with Crippen molar-refractivity contribution in [3.05, 3.63) is 5.89 Å². The molecule has 1 aromatic heterocycles. The molecule has 0 amide bonds. The molecule has 1 rings (SSSR count). The second-order valence-electron chi connectivity index (χ2n) is 2.78. The Hall–Kier alpha value is -1.24. The van der Waals surface area contributed by atoms with Crippen molar-refractivity contribution in [2.24, 2.45) is 0 Å². The summed E-state index contributed by atoms with van der Waals surface area (Å²) in [5, 5.41) is 10.1. The van der Waals surface area contributed by atoms with Gasteiger partial charge in [-0.25, -0.2) is 8.78 Å². The van der Waals surface area contributed by atoms with Crippen LogP contribution < -0.4 is 10.2 Å². The molecule has 0 spiro atoms. The molecular formula is C7H12F2N4O. The largest absolute Gasteiger partial charge is 0.407 e. The summed E-state index contributed by atoms with van der Waals surface area (Å²) >= 11 is 0. The van der Waals surface area contributed by atoms with Gasteiger partial charge in [-0.2, -0.15) is 0 Å². The standard InChI is InChI=1S/C7H12F2N4O/c1-10-3-6-11-12-7(14-6)13(2)4-5(8)9/h5,10H,3-4H2,1-2H3. The zero-order chi connectivity index (χ0) is 10.6. The molecular weight excluding hydrogens is 194 g/mol. The molecule has 0 aliphatic carbocycles. The highest BCUT2D eigenvalue weighted by Crippen LogP contribution is 2.11.